The van der Waals surface area contributed by atoms with Crippen LogP contribution in [0.2, 0.25) is 0 Å². The largest absolute Gasteiger partial charge is 0.326 e. The van der Waals surface area contributed by atoms with Gasteiger partial charge in [-0.2, -0.15) is 0 Å². The monoisotopic (exact) mass is 349 g/mol. The van der Waals surface area contributed by atoms with Gasteiger partial charge in [-0.05, 0) is 55.0 Å². The summed E-state index contributed by atoms with van der Waals surface area (Å²) >= 11 is 1.52. The predicted molar refractivity (Wildman–Crippen MR) is 102 cm³/mol. The Morgan fingerprint density at radius 2 is 1.88 bits per heavy atom. The van der Waals surface area contributed by atoms with E-state index in [1.165, 1.54) is 11.8 Å². The van der Waals surface area contributed by atoms with Crippen LogP contribution in [0.25, 0.3) is 0 Å². The molecule has 0 saturated heterocycles. The lowest BCUT2D eigenvalue weighted by Gasteiger charge is -2.08. The highest BCUT2D eigenvalue weighted by atomic mass is 32.2. The van der Waals surface area contributed by atoms with E-state index in [0.717, 1.165) is 26.9 Å². The van der Waals surface area contributed by atoms with Crippen LogP contribution in [0.4, 0.5) is 5.69 Å². The van der Waals surface area contributed by atoms with Crippen molar-refractivity contribution < 1.29 is 4.79 Å². The first-order valence-corrected chi connectivity index (χ1v) is 8.77. The van der Waals surface area contributed by atoms with Crippen molar-refractivity contribution in [3.8, 4) is 0 Å². The molecule has 126 valence electrons. The molecule has 0 bridgehead atoms. The number of nitrogens with one attached hydrogen (secondary N) is 1. The molecule has 1 heterocycles. The Morgan fingerprint density at radius 3 is 2.64 bits per heavy atom. The van der Waals surface area contributed by atoms with Gasteiger partial charge in [0.2, 0.25) is 0 Å². The first-order valence-electron chi connectivity index (χ1n) is 7.96. The maximum Gasteiger partial charge on any atom is 0.255 e. The van der Waals surface area contributed by atoms with Crippen LogP contribution in [0.3, 0.4) is 0 Å². The summed E-state index contributed by atoms with van der Waals surface area (Å²) in [6.07, 6.45) is 0. The number of para-hydroxylation sites is 1. The second kappa shape index (κ2) is 7.96. The minimum Gasteiger partial charge on any atom is -0.326 e. The summed E-state index contributed by atoms with van der Waals surface area (Å²) in [7, 11) is 0. The van der Waals surface area contributed by atoms with Crippen LogP contribution in [0.15, 0.2) is 76.7 Å². The van der Waals surface area contributed by atoms with Crippen molar-refractivity contribution in [1.82, 2.24) is 4.98 Å². The van der Waals surface area contributed by atoms with Crippen molar-refractivity contribution in [3.63, 3.8) is 0 Å². The average molecular weight is 349 g/mol. The third-order valence-electron chi connectivity index (χ3n) is 3.58. The number of amides is 1. The number of aryl methyl sites for hydroxylation is 1. The van der Waals surface area contributed by atoms with E-state index in [1.807, 2.05) is 67.6 Å². The highest BCUT2D eigenvalue weighted by Gasteiger charge is 2.08. The number of rotatable bonds is 5. The Morgan fingerprint density at radius 1 is 1.08 bits per heavy atom. The molecule has 0 spiro atoms. The standard InChI is InChI=1S/C20H19N3OS/c1-14-10-15(13-21)11-19(22-14)25-18-9-5-6-16(12-18)20(24)23-17-7-3-2-4-8-17/h2-12H,13,21H2,1H3,(H,23,24). The number of pyridine rings is 1. The summed E-state index contributed by atoms with van der Waals surface area (Å²) in [5.41, 5.74) is 9.10. The van der Waals surface area contributed by atoms with Crippen LogP contribution in [0.5, 0.6) is 0 Å². The molecular formula is C20H19N3OS. The van der Waals surface area contributed by atoms with Gasteiger partial charge >= 0.3 is 0 Å². The molecule has 0 saturated carbocycles. The molecule has 5 heteroatoms. The normalized spacial score (nSPS) is 10.5. The Kier molecular flexibility index (Phi) is 5.48. The molecule has 1 aromatic heterocycles. The molecule has 2 aromatic carbocycles. The Labute approximate surface area is 151 Å². The van der Waals surface area contributed by atoms with Gasteiger partial charge in [0.25, 0.3) is 5.91 Å². The molecule has 1 amide bonds. The summed E-state index contributed by atoms with van der Waals surface area (Å²) in [4.78, 5) is 17.9. The van der Waals surface area contributed by atoms with E-state index in [1.54, 1.807) is 6.07 Å². The topological polar surface area (TPSA) is 68.0 Å². The summed E-state index contributed by atoms with van der Waals surface area (Å²) in [6, 6.07) is 20.9. The maximum absolute atomic E-state index is 12.4. The van der Waals surface area contributed by atoms with Gasteiger partial charge in [0.15, 0.2) is 0 Å². The van der Waals surface area contributed by atoms with Crippen molar-refractivity contribution in [2.24, 2.45) is 5.73 Å². The number of hydrogen-bond donors (Lipinski definition) is 2. The van der Waals surface area contributed by atoms with Gasteiger partial charge in [-0.25, -0.2) is 4.98 Å². The molecule has 0 fully saturated rings. The second-order valence-electron chi connectivity index (χ2n) is 5.61. The fourth-order valence-electron chi connectivity index (χ4n) is 2.42. The zero-order valence-corrected chi connectivity index (χ0v) is 14.7. The minimum atomic E-state index is -0.131. The van der Waals surface area contributed by atoms with E-state index in [0.29, 0.717) is 12.1 Å². The molecule has 25 heavy (non-hydrogen) atoms. The molecule has 3 N–H and O–H groups in total. The fraction of sp³-hybridized carbons (Fsp3) is 0.100. The highest BCUT2D eigenvalue weighted by Crippen LogP contribution is 2.28. The molecule has 4 nitrogen and oxygen atoms in total. The van der Waals surface area contributed by atoms with Crippen LogP contribution >= 0.6 is 11.8 Å². The lowest BCUT2D eigenvalue weighted by Crippen LogP contribution is -2.11. The zero-order valence-electron chi connectivity index (χ0n) is 13.9. The van der Waals surface area contributed by atoms with Crippen LogP contribution in [0, 0.1) is 6.92 Å². The summed E-state index contributed by atoms with van der Waals surface area (Å²) in [5.74, 6) is -0.131. The molecule has 3 aromatic rings. The molecule has 0 aliphatic carbocycles. The van der Waals surface area contributed by atoms with Gasteiger partial charge in [-0.1, -0.05) is 36.0 Å². The van der Waals surface area contributed by atoms with Gasteiger partial charge in [-0.15, -0.1) is 0 Å². The van der Waals surface area contributed by atoms with Gasteiger partial charge in [-0.3, -0.25) is 4.79 Å². The molecule has 0 aliphatic heterocycles. The van der Waals surface area contributed by atoms with Gasteiger partial charge in [0.1, 0.15) is 5.03 Å². The van der Waals surface area contributed by atoms with Crippen LogP contribution < -0.4 is 11.1 Å². The zero-order chi connectivity index (χ0) is 17.6. The van der Waals surface area contributed by atoms with Crippen molar-refractivity contribution in [2.45, 2.75) is 23.4 Å². The summed E-state index contributed by atoms with van der Waals surface area (Å²) in [5, 5.41) is 3.77. The maximum atomic E-state index is 12.4. The van der Waals surface area contributed by atoms with E-state index in [-0.39, 0.29) is 5.91 Å². The van der Waals surface area contributed by atoms with Crippen molar-refractivity contribution in [3.05, 3.63) is 83.6 Å². The second-order valence-corrected chi connectivity index (χ2v) is 6.70. The quantitative estimate of drug-likeness (QED) is 0.722. The molecule has 0 unspecified atom stereocenters. The first-order chi connectivity index (χ1) is 12.1. The van der Waals surface area contributed by atoms with E-state index in [2.05, 4.69) is 10.3 Å². The number of anilines is 1. The fourth-order valence-corrected chi connectivity index (χ4v) is 3.40. The minimum absolute atomic E-state index is 0.131. The van der Waals surface area contributed by atoms with E-state index < -0.39 is 0 Å². The third-order valence-corrected chi connectivity index (χ3v) is 4.48. The SMILES string of the molecule is Cc1cc(CN)cc(Sc2cccc(C(=O)Nc3ccccc3)c2)n1. The molecule has 0 atom stereocenters. The number of nitrogens with two attached hydrogens (primary N) is 1. The molecule has 3 rings (SSSR count). The van der Waals surface area contributed by atoms with E-state index >= 15 is 0 Å². The summed E-state index contributed by atoms with van der Waals surface area (Å²) < 4.78 is 0. The lowest BCUT2D eigenvalue weighted by atomic mass is 10.2. The number of carbonyl (C=O) groups excluding carboxylic acids is 1. The number of carbonyl (C=O) groups is 1. The summed E-state index contributed by atoms with van der Waals surface area (Å²) in [6.45, 7) is 2.43. The Bertz CT molecular complexity index is 881. The third kappa shape index (κ3) is 4.68. The van der Waals surface area contributed by atoms with Gasteiger partial charge in [0.05, 0.1) is 0 Å². The van der Waals surface area contributed by atoms with Crippen molar-refractivity contribution >= 4 is 23.4 Å². The highest BCUT2D eigenvalue weighted by molar-refractivity contribution is 7.99. The number of nitrogens with zero attached hydrogens (tertiary/aromatic N) is 1. The van der Waals surface area contributed by atoms with Crippen LogP contribution in [0.1, 0.15) is 21.6 Å². The molecular weight excluding hydrogens is 330 g/mol. The Balaban J connectivity index is 1.77. The number of benzene rings is 2. The van der Waals surface area contributed by atoms with E-state index in [9.17, 15) is 4.79 Å². The van der Waals surface area contributed by atoms with Gasteiger partial charge < -0.3 is 11.1 Å². The predicted octanol–water partition coefficient (Wildman–Crippen LogP) is 4.25. The van der Waals surface area contributed by atoms with Crippen molar-refractivity contribution in [1.29, 1.82) is 0 Å². The number of aromatic nitrogens is 1. The Hall–Kier alpha value is -2.63. The van der Waals surface area contributed by atoms with Crippen LogP contribution in [-0.4, -0.2) is 10.9 Å². The van der Waals surface area contributed by atoms with Gasteiger partial charge in [0, 0.05) is 28.4 Å². The van der Waals surface area contributed by atoms with E-state index in [4.69, 9.17) is 5.73 Å². The molecule has 0 radical (unpaired) electrons. The average Bonchev–Trinajstić information content (AvgIpc) is 2.62. The lowest BCUT2D eigenvalue weighted by molar-refractivity contribution is 0.102. The van der Waals surface area contributed by atoms with Crippen LogP contribution in [-0.2, 0) is 6.54 Å². The molecule has 0 aliphatic rings. The van der Waals surface area contributed by atoms with Crippen molar-refractivity contribution in [2.75, 3.05) is 5.32 Å². The first kappa shape index (κ1) is 17.2. The smallest absolute Gasteiger partial charge is 0.255 e. The number of hydrogen-bond acceptors (Lipinski definition) is 4.